The van der Waals surface area contributed by atoms with Crippen molar-refractivity contribution in [1.29, 1.82) is 0 Å². The number of likely N-dealkylation sites (N-methyl/N-ethyl adjacent to an activating group) is 1. The van der Waals surface area contributed by atoms with Crippen molar-refractivity contribution in [2.75, 3.05) is 11.9 Å². The Morgan fingerprint density at radius 1 is 1.22 bits per heavy atom. The van der Waals surface area contributed by atoms with Gasteiger partial charge in [0.25, 0.3) is 0 Å². The molecule has 0 saturated heterocycles. The third kappa shape index (κ3) is 4.18. The number of nitrogens with zero attached hydrogens (tertiary/aromatic N) is 3. The van der Waals surface area contributed by atoms with Crippen LogP contribution in [0.1, 0.15) is 57.3 Å². The molecule has 1 atom stereocenters. The summed E-state index contributed by atoms with van der Waals surface area (Å²) in [6, 6.07) is 10.2. The Labute approximate surface area is 162 Å². The first-order chi connectivity index (χ1) is 13.0. The highest BCUT2D eigenvalue weighted by atomic mass is 16.2. The lowest BCUT2D eigenvalue weighted by atomic mass is 9.94. The molecule has 1 aromatic heterocycles. The summed E-state index contributed by atoms with van der Waals surface area (Å²) in [5.74, 6) is 0.190. The van der Waals surface area contributed by atoms with E-state index in [1.807, 2.05) is 55.8 Å². The monoisotopic (exact) mass is 368 g/mol. The summed E-state index contributed by atoms with van der Waals surface area (Å²) in [7, 11) is 0. The zero-order chi connectivity index (χ0) is 19.4. The first-order valence-corrected chi connectivity index (χ1v) is 10.2. The summed E-state index contributed by atoms with van der Waals surface area (Å²) >= 11 is 0. The summed E-state index contributed by atoms with van der Waals surface area (Å²) in [5, 5.41) is 8.12. The SMILES string of the molecule is CCN(C(=O)[C@@H](C)Nc1c(C)nn(-c2ccccc2)c1C)C1CCCCC1. The highest BCUT2D eigenvalue weighted by Gasteiger charge is 2.28. The van der Waals surface area contributed by atoms with Crippen LogP contribution in [0.2, 0.25) is 0 Å². The largest absolute Gasteiger partial charge is 0.371 e. The molecule has 0 bridgehead atoms. The number of hydrogen-bond acceptors (Lipinski definition) is 3. The van der Waals surface area contributed by atoms with Gasteiger partial charge in [0, 0.05) is 12.6 Å². The predicted molar refractivity (Wildman–Crippen MR) is 110 cm³/mol. The number of nitrogens with one attached hydrogen (secondary N) is 1. The van der Waals surface area contributed by atoms with Gasteiger partial charge >= 0.3 is 0 Å². The minimum absolute atomic E-state index is 0.190. The summed E-state index contributed by atoms with van der Waals surface area (Å²) < 4.78 is 1.94. The van der Waals surface area contributed by atoms with E-state index in [0.29, 0.717) is 6.04 Å². The number of aromatic nitrogens is 2. The lowest BCUT2D eigenvalue weighted by molar-refractivity contribution is -0.134. The maximum absolute atomic E-state index is 13.1. The fourth-order valence-corrected chi connectivity index (χ4v) is 4.19. The van der Waals surface area contributed by atoms with Gasteiger partial charge in [0.15, 0.2) is 0 Å². The van der Waals surface area contributed by atoms with Crippen molar-refractivity contribution in [3.05, 3.63) is 41.7 Å². The number of anilines is 1. The van der Waals surface area contributed by atoms with Crippen LogP contribution in [0.15, 0.2) is 30.3 Å². The van der Waals surface area contributed by atoms with E-state index in [2.05, 4.69) is 22.2 Å². The number of para-hydroxylation sites is 1. The van der Waals surface area contributed by atoms with Crippen molar-refractivity contribution in [1.82, 2.24) is 14.7 Å². The molecule has 0 radical (unpaired) electrons. The Bertz CT molecular complexity index is 762. The quantitative estimate of drug-likeness (QED) is 0.818. The maximum Gasteiger partial charge on any atom is 0.245 e. The molecular formula is C22H32N4O. The molecular weight excluding hydrogens is 336 g/mol. The van der Waals surface area contributed by atoms with Crippen molar-refractivity contribution in [2.45, 2.75) is 71.9 Å². The van der Waals surface area contributed by atoms with Crippen LogP contribution in [0.25, 0.3) is 5.69 Å². The van der Waals surface area contributed by atoms with E-state index in [9.17, 15) is 4.79 Å². The smallest absolute Gasteiger partial charge is 0.245 e. The number of carbonyl (C=O) groups excluding carboxylic acids is 1. The van der Waals surface area contributed by atoms with Crippen LogP contribution in [-0.4, -0.2) is 39.2 Å². The Balaban J connectivity index is 1.76. The molecule has 1 saturated carbocycles. The molecule has 2 aromatic rings. The van der Waals surface area contributed by atoms with Gasteiger partial charge in [0.2, 0.25) is 5.91 Å². The van der Waals surface area contributed by atoms with Gasteiger partial charge in [-0.1, -0.05) is 37.5 Å². The standard InChI is InChI=1S/C22H32N4O/c1-5-25(19-12-8-6-9-13-19)22(27)17(3)23-21-16(2)24-26(18(21)4)20-14-10-7-11-15-20/h7,10-11,14-15,17,19,23H,5-6,8-9,12-13H2,1-4H3/t17-/m1/s1. The number of aryl methyl sites for hydroxylation is 1. The highest BCUT2D eigenvalue weighted by molar-refractivity contribution is 5.85. The normalized spacial score (nSPS) is 16.1. The number of hydrogen-bond donors (Lipinski definition) is 1. The molecule has 0 unspecified atom stereocenters. The average molecular weight is 369 g/mol. The molecule has 1 aliphatic carbocycles. The highest BCUT2D eigenvalue weighted by Crippen LogP contribution is 2.26. The first kappa shape index (κ1) is 19.5. The van der Waals surface area contributed by atoms with E-state index in [1.165, 1.54) is 19.3 Å². The third-order valence-corrected chi connectivity index (χ3v) is 5.66. The van der Waals surface area contributed by atoms with Crippen LogP contribution in [0.5, 0.6) is 0 Å². The van der Waals surface area contributed by atoms with Crippen molar-refractivity contribution >= 4 is 11.6 Å². The molecule has 0 aliphatic heterocycles. The zero-order valence-electron chi connectivity index (χ0n) is 17.0. The van der Waals surface area contributed by atoms with E-state index in [1.54, 1.807) is 0 Å². The predicted octanol–water partition coefficient (Wildman–Crippen LogP) is 4.47. The molecule has 5 nitrogen and oxygen atoms in total. The summed E-state index contributed by atoms with van der Waals surface area (Å²) in [4.78, 5) is 15.2. The van der Waals surface area contributed by atoms with E-state index in [4.69, 9.17) is 0 Å². The Hall–Kier alpha value is -2.30. The third-order valence-electron chi connectivity index (χ3n) is 5.66. The first-order valence-electron chi connectivity index (χ1n) is 10.2. The molecule has 1 N–H and O–H groups in total. The molecule has 3 rings (SSSR count). The van der Waals surface area contributed by atoms with Gasteiger partial charge < -0.3 is 10.2 Å². The minimum Gasteiger partial charge on any atom is -0.371 e. The fourth-order valence-electron chi connectivity index (χ4n) is 4.19. The second-order valence-corrected chi connectivity index (χ2v) is 7.58. The fraction of sp³-hybridized carbons (Fsp3) is 0.545. The van der Waals surface area contributed by atoms with Crippen molar-refractivity contribution < 1.29 is 4.79 Å². The van der Waals surface area contributed by atoms with Crippen molar-refractivity contribution in [3.8, 4) is 5.69 Å². The second-order valence-electron chi connectivity index (χ2n) is 7.58. The molecule has 27 heavy (non-hydrogen) atoms. The molecule has 1 heterocycles. The van der Waals surface area contributed by atoms with Gasteiger partial charge in [0.1, 0.15) is 6.04 Å². The van der Waals surface area contributed by atoms with Crippen LogP contribution >= 0.6 is 0 Å². The van der Waals surface area contributed by atoms with Gasteiger partial charge in [-0.15, -0.1) is 0 Å². The second kappa shape index (κ2) is 8.59. The van der Waals surface area contributed by atoms with Gasteiger partial charge in [-0.2, -0.15) is 5.10 Å². The Kier molecular flexibility index (Phi) is 6.19. The lowest BCUT2D eigenvalue weighted by Crippen LogP contribution is -2.47. The lowest BCUT2D eigenvalue weighted by Gasteiger charge is -2.35. The molecule has 5 heteroatoms. The van der Waals surface area contributed by atoms with Crippen LogP contribution in [-0.2, 0) is 4.79 Å². The molecule has 146 valence electrons. The zero-order valence-corrected chi connectivity index (χ0v) is 17.0. The van der Waals surface area contributed by atoms with E-state index in [0.717, 1.165) is 42.1 Å². The Morgan fingerprint density at radius 3 is 2.52 bits per heavy atom. The summed E-state index contributed by atoms with van der Waals surface area (Å²) in [6.45, 7) is 8.86. The Morgan fingerprint density at radius 2 is 1.89 bits per heavy atom. The van der Waals surface area contributed by atoms with Crippen LogP contribution in [0, 0.1) is 13.8 Å². The van der Waals surface area contributed by atoms with E-state index < -0.39 is 0 Å². The molecule has 0 spiro atoms. The minimum atomic E-state index is -0.266. The average Bonchev–Trinajstić information content (AvgIpc) is 2.98. The van der Waals surface area contributed by atoms with Gasteiger partial charge in [-0.3, -0.25) is 4.79 Å². The van der Waals surface area contributed by atoms with Crippen LogP contribution < -0.4 is 5.32 Å². The number of amides is 1. The van der Waals surface area contributed by atoms with Crippen molar-refractivity contribution in [2.24, 2.45) is 0 Å². The molecule has 1 amide bonds. The molecule has 1 aromatic carbocycles. The van der Waals surface area contributed by atoms with Gasteiger partial charge in [-0.05, 0) is 52.7 Å². The van der Waals surface area contributed by atoms with Crippen LogP contribution in [0.4, 0.5) is 5.69 Å². The molecule has 1 fully saturated rings. The van der Waals surface area contributed by atoms with E-state index >= 15 is 0 Å². The molecule has 1 aliphatic rings. The van der Waals surface area contributed by atoms with Crippen molar-refractivity contribution in [3.63, 3.8) is 0 Å². The van der Waals surface area contributed by atoms with Gasteiger partial charge in [-0.25, -0.2) is 4.68 Å². The van der Waals surface area contributed by atoms with Crippen LogP contribution in [0.3, 0.4) is 0 Å². The number of rotatable bonds is 6. The van der Waals surface area contributed by atoms with E-state index in [-0.39, 0.29) is 11.9 Å². The summed E-state index contributed by atoms with van der Waals surface area (Å²) in [5.41, 5.74) is 3.93. The number of carbonyl (C=O) groups is 1. The summed E-state index contributed by atoms with van der Waals surface area (Å²) in [6.07, 6.45) is 6.04. The topological polar surface area (TPSA) is 50.2 Å². The number of benzene rings is 1. The maximum atomic E-state index is 13.1. The van der Waals surface area contributed by atoms with Gasteiger partial charge in [0.05, 0.1) is 22.8 Å².